The van der Waals surface area contributed by atoms with Gasteiger partial charge in [-0.15, -0.1) is 0 Å². The third-order valence-corrected chi connectivity index (χ3v) is 4.45. The van der Waals surface area contributed by atoms with Gasteiger partial charge in [0.1, 0.15) is 11.7 Å². The average Bonchev–Trinajstić information content (AvgIpc) is 3.14. The fourth-order valence-electron chi connectivity index (χ4n) is 3.16. The second kappa shape index (κ2) is 6.01. The van der Waals surface area contributed by atoms with E-state index in [0.717, 1.165) is 16.6 Å². The summed E-state index contributed by atoms with van der Waals surface area (Å²) in [5, 5.41) is 7.84. The highest BCUT2D eigenvalue weighted by atomic mass is 16.2. The Bertz CT molecular complexity index is 965. The van der Waals surface area contributed by atoms with E-state index in [-0.39, 0.29) is 18.4 Å². The Morgan fingerprint density at radius 2 is 2.00 bits per heavy atom. The van der Waals surface area contributed by atoms with E-state index in [4.69, 9.17) is 0 Å². The number of rotatable bonds is 2. The monoisotopic (exact) mass is 335 g/mol. The van der Waals surface area contributed by atoms with Gasteiger partial charge in [-0.05, 0) is 18.2 Å². The number of amides is 2. The number of carbonyl (C=O) groups is 2. The molecule has 1 aromatic carbocycles. The Balaban J connectivity index is 1.66. The largest absolute Gasteiger partial charge is 0.357 e. The van der Waals surface area contributed by atoms with Crippen LogP contribution in [0, 0.1) is 0 Å². The maximum absolute atomic E-state index is 12.9. The number of para-hydroxylation sites is 1. The van der Waals surface area contributed by atoms with Crippen LogP contribution in [0.2, 0.25) is 0 Å². The van der Waals surface area contributed by atoms with Crippen molar-refractivity contribution in [2.75, 3.05) is 13.6 Å². The van der Waals surface area contributed by atoms with Crippen LogP contribution in [0.3, 0.4) is 0 Å². The Hall–Kier alpha value is -3.22. The SMILES string of the molecule is CNC(=O)C1CN(C(=O)c2ccc3ccccc3n2)Cc2ccnn21. The lowest BCUT2D eigenvalue weighted by Crippen LogP contribution is -2.46. The third-order valence-electron chi connectivity index (χ3n) is 4.45. The fourth-order valence-corrected chi connectivity index (χ4v) is 3.16. The van der Waals surface area contributed by atoms with Crippen molar-refractivity contribution in [1.82, 2.24) is 25.0 Å². The lowest BCUT2D eigenvalue weighted by Gasteiger charge is -2.32. The van der Waals surface area contributed by atoms with E-state index in [2.05, 4.69) is 15.4 Å². The number of benzene rings is 1. The van der Waals surface area contributed by atoms with E-state index in [1.807, 2.05) is 36.4 Å². The minimum atomic E-state index is -0.534. The van der Waals surface area contributed by atoms with Gasteiger partial charge in [-0.2, -0.15) is 5.10 Å². The van der Waals surface area contributed by atoms with Gasteiger partial charge in [0.25, 0.3) is 5.91 Å². The molecule has 1 unspecified atom stereocenters. The van der Waals surface area contributed by atoms with Crippen LogP contribution in [0.25, 0.3) is 10.9 Å². The van der Waals surface area contributed by atoms with E-state index in [1.165, 1.54) is 0 Å². The Labute approximate surface area is 144 Å². The molecule has 0 fully saturated rings. The molecular weight excluding hydrogens is 318 g/mol. The summed E-state index contributed by atoms with van der Waals surface area (Å²) in [6, 6.07) is 12.6. The van der Waals surface area contributed by atoms with Gasteiger partial charge in [-0.1, -0.05) is 24.3 Å². The molecular formula is C18H17N5O2. The van der Waals surface area contributed by atoms with Crippen LogP contribution in [0.5, 0.6) is 0 Å². The Morgan fingerprint density at radius 1 is 1.16 bits per heavy atom. The van der Waals surface area contributed by atoms with Crippen molar-refractivity contribution in [2.24, 2.45) is 0 Å². The van der Waals surface area contributed by atoms with E-state index in [0.29, 0.717) is 12.2 Å². The molecule has 0 spiro atoms. The standard InChI is InChI=1S/C18H17N5O2/c1-19-17(24)16-11-22(10-13-8-9-20-23(13)16)18(25)15-7-6-12-4-2-3-5-14(12)21-15/h2-9,16H,10-11H2,1H3,(H,19,24). The van der Waals surface area contributed by atoms with Crippen LogP contribution >= 0.6 is 0 Å². The predicted octanol–water partition coefficient (Wildman–Crippen LogP) is 1.37. The molecule has 0 aliphatic carbocycles. The summed E-state index contributed by atoms with van der Waals surface area (Å²) in [5.74, 6) is -0.360. The van der Waals surface area contributed by atoms with Crippen LogP contribution in [-0.2, 0) is 11.3 Å². The molecule has 2 aromatic heterocycles. The number of fused-ring (bicyclic) bond motifs is 2. The van der Waals surface area contributed by atoms with E-state index >= 15 is 0 Å². The second-order valence-corrected chi connectivity index (χ2v) is 5.97. The van der Waals surface area contributed by atoms with Gasteiger partial charge in [0.05, 0.1) is 24.3 Å². The van der Waals surface area contributed by atoms with Crippen molar-refractivity contribution in [2.45, 2.75) is 12.6 Å². The first-order chi connectivity index (χ1) is 12.2. The molecule has 7 nitrogen and oxygen atoms in total. The Kier molecular flexibility index (Phi) is 3.68. The van der Waals surface area contributed by atoms with Crippen molar-refractivity contribution in [3.8, 4) is 0 Å². The smallest absolute Gasteiger partial charge is 0.272 e. The first kappa shape index (κ1) is 15.3. The highest BCUT2D eigenvalue weighted by Gasteiger charge is 2.33. The molecule has 0 saturated carbocycles. The highest BCUT2D eigenvalue weighted by Crippen LogP contribution is 2.22. The van der Waals surface area contributed by atoms with Gasteiger partial charge in [-0.3, -0.25) is 14.3 Å². The predicted molar refractivity (Wildman–Crippen MR) is 91.8 cm³/mol. The minimum absolute atomic E-state index is 0.172. The molecule has 1 N–H and O–H groups in total. The van der Waals surface area contributed by atoms with Crippen molar-refractivity contribution in [3.63, 3.8) is 0 Å². The van der Waals surface area contributed by atoms with Gasteiger partial charge in [-0.25, -0.2) is 4.98 Å². The van der Waals surface area contributed by atoms with Gasteiger partial charge >= 0.3 is 0 Å². The molecule has 126 valence electrons. The first-order valence-corrected chi connectivity index (χ1v) is 8.06. The van der Waals surface area contributed by atoms with E-state index in [9.17, 15) is 9.59 Å². The summed E-state index contributed by atoms with van der Waals surface area (Å²) >= 11 is 0. The van der Waals surface area contributed by atoms with Crippen LogP contribution in [-0.4, -0.2) is 45.1 Å². The lowest BCUT2D eigenvalue weighted by molar-refractivity contribution is -0.125. The number of hydrogen-bond donors (Lipinski definition) is 1. The maximum Gasteiger partial charge on any atom is 0.272 e. The maximum atomic E-state index is 12.9. The highest BCUT2D eigenvalue weighted by molar-refractivity contribution is 5.95. The second-order valence-electron chi connectivity index (χ2n) is 5.97. The molecule has 0 saturated heterocycles. The number of nitrogens with one attached hydrogen (secondary N) is 1. The van der Waals surface area contributed by atoms with Gasteiger partial charge in [0, 0.05) is 18.6 Å². The number of carbonyl (C=O) groups excluding carboxylic acids is 2. The third kappa shape index (κ3) is 2.63. The fraction of sp³-hybridized carbons (Fsp3) is 0.222. The van der Waals surface area contributed by atoms with Crippen molar-refractivity contribution < 1.29 is 9.59 Å². The van der Waals surface area contributed by atoms with Crippen molar-refractivity contribution >= 4 is 22.7 Å². The normalized spacial score (nSPS) is 16.5. The van der Waals surface area contributed by atoms with Gasteiger partial charge in [0.15, 0.2) is 0 Å². The quantitative estimate of drug-likeness (QED) is 0.767. The topological polar surface area (TPSA) is 80.1 Å². The van der Waals surface area contributed by atoms with E-state index < -0.39 is 6.04 Å². The first-order valence-electron chi connectivity index (χ1n) is 8.06. The van der Waals surface area contributed by atoms with Gasteiger partial charge < -0.3 is 10.2 Å². The molecule has 0 radical (unpaired) electrons. The Morgan fingerprint density at radius 3 is 2.84 bits per heavy atom. The van der Waals surface area contributed by atoms with Crippen molar-refractivity contribution in [3.05, 3.63) is 60.0 Å². The molecule has 0 bridgehead atoms. The number of aromatic nitrogens is 3. The van der Waals surface area contributed by atoms with E-state index in [1.54, 1.807) is 28.9 Å². The number of nitrogens with zero attached hydrogens (tertiary/aromatic N) is 4. The summed E-state index contributed by atoms with van der Waals surface area (Å²) in [5.41, 5.74) is 1.98. The molecule has 2 amide bonds. The number of likely N-dealkylation sites (N-methyl/N-ethyl adjacent to an activating group) is 1. The molecule has 25 heavy (non-hydrogen) atoms. The lowest BCUT2D eigenvalue weighted by atomic mass is 10.1. The van der Waals surface area contributed by atoms with Crippen LogP contribution in [0.4, 0.5) is 0 Å². The molecule has 3 heterocycles. The molecule has 7 heteroatoms. The molecule has 4 rings (SSSR count). The molecule has 3 aromatic rings. The van der Waals surface area contributed by atoms with Crippen molar-refractivity contribution in [1.29, 1.82) is 0 Å². The van der Waals surface area contributed by atoms with Crippen LogP contribution < -0.4 is 5.32 Å². The summed E-state index contributed by atoms with van der Waals surface area (Å²) in [6.07, 6.45) is 1.65. The summed E-state index contributed by atoms with van der Waals surface area (Å²) in [7, 11) is 1.58. The summed E-state index contributed by atoms with van der Waals surface area (Å²) < 4.78 is 1.68. The summed E-state index contributed by atoms with van der Waals surface area (Å²) in [6.45, 7) is 0.669. The zero-order valence-corrected chi connectivity index (χ0v) is 13.7. The number of pyridine rings is 1. The molecule has 1 atom stereocenters. The average molecular weight is 335 g/mol. The minimum Gasteiger partial charge on any atom is -0.357 e. The molecule has 1 aliphatic rings. The number of hydrogen-bond acceptors (Lipinski definition) is 4. The zero-order valence-electron chi connectivity index (χ0n) is 13.7. The zero-order chi connectivity index (χ0) is 17.4. The summed E-state index contributed by atoms with van der Waals surface area (Å²) in [4.78, 5) is 31.2. The van der Waals surface area contributed by atoms with Crippen LogP contribution in [0.1, 0.15) is 22.2 Å². The molecule has 1 aliphatic heterocycles. The van der Waals surface area contributed by atoms with Crippen LogP contribution in [0.15, 0.2) is 48.7 Å². The van der Waals surface area contributed by atoms with Gasteiger partial charge in [0.2, 0.25) is 5.91 Å².